The molecular weight excluding hydrogens is 334 g/mol. The Balaban J connectivity index is 1.80. The van der Waals surface area contributed by atoms with Crippen LogP contribution >= 0.6 is 0 Å². The number of aromatic nitrogens is 1. The molecule has 0 aliphatic heterocycles. The summed E-state index contributed by atoms with van der Waals surface area (Å²) in [5, 5.41) is 10.2. The van der Waals surface area contributed by atoms with Gasteiger partial charge in [-0.25, -0.2) is 0 Å². The Hall–Kier alpha value is -2.55. The minimum Gasteiger partial charge on any atom is -0.481 e. The Morgan fingerprint density at radius 1 is 0.926 bits per heavy atom. The molecule has 0 bridgehead atoms. The standard InChI is InChI=1S/C24H29NO2/c1-2-3-4-5-6-9-16-25-22-11-8-7-10-21(22)18-23(25)20-14-12-19(13-15-20)17-24(26)27/h7-8,10-15,18H,2-6,9,16-17H2,1H3,(H,26,27). The van der Waals surface area contributed by atoms with Gasteiger partial charge in [0, 0.05) is 23.1 Å². The van der Waals surface area contributed by atoms with Crippen LogP contribution in [-0.2, 0) is 17.8 Å². The molecule has 0 saturated carbocycles. The molecule has 3 aromatic rings. The van der Waals surface area contributed by atoms with Gasteiger partial charge in [0.15, 0.2) is 0 Å². The van der Waals surface area contributed by atoms with Crippen LogP contribution in [0, 0.1) is 0 Å². The molecule has 27 heavy (non-hydrogen) atoms. The number of rotatable bonds is 10. The van der Waals surface area contributed by atoms with E-state index < -0.39 is 5.97 Å². The van der Waals surface area contributed by atoms with Crippen LogP contribution in [0.15, 0.2) is 54.6 Å². The smallest absolute Gasteiger partial charge is 0.307 e. The summed E-state index contributed by atoms with van der Waals surface area (Å²) in [6.45, 7) is 3.27. The number of hydrogen-bond donors (Lipinski definition) is 1. The summed E-state index contributed by atoms with van der Waals surface area (Å²) >= 11 is 0. The van der Waals surface area contributed by atoms with Gasteiger partial charge in [0.1, 0.15) is 0 Å². The molecule has 1 N–H and O–H groups in total. The van der Waals surface area contributed by atoms with Crippen LogP contribution in [0.3, 0.4) is 0 Å². The van der Waals surface area contributed by atoms with E-state index in [1.54, 1.807) is 0 Å². The summed E-state index contributed by atoms with van der Waals surface area (Å²) in [6, 6.07) is 18.7. The number of benzene rings is 2. The van der Waals surface area contributed by atoms with Crippen LogP contribution in [0.1, 0.15) is 51.0 Å². The Morgan fingerprint density at radius 3 is 2.37 bits per heavy atom. The van der Waals surface area contributed by atoms with Crippen LogP contribution in [0.2, 0.25) is 0 Å². The second kappa shape index (κ2) is 9.40. The minimum atomic E-state index is -0.792. The number of aliphatic carboxylic acids is 1. The second-order valence-electron chi connectivity index (χ2n) is 7.28. The highest BCUT2D eigenvalue weighted by Crippen LogP contribution is 2.29. The van der Waals surface area contributed by atoms with Crippen molar-refractivity contribution in [2.75, 3.05) is 0 Å². The zero-order chi connectivity index (χ0) is 19.1. The molecule has 142 valence electrons. The van der Waals surface area contributed by atoms with E-state index in [0.29, 0.717) is 0 Å². The lowest BCUT2D eigenvalue weighted by Gasteiger charge is -2.12. The van der Waals surface area contributed by atoms with E-state index in [2.05, 4.69) is 41.8 Å². The van der Waals surface area contributed by atoms with Crippen molar-refractivity contribution in [2.24, 2.45) is 0 Å². The molecule has 1 aromatic heterocycles. The highest BCUT2D eigenvalue weighted by molar-refractivity contribution is 5.87. The summed E-state index contributed by atoms with van der Waals surface area (Å²) in [5.74, 6) is -0.792. The third kappa shape index (κ3) is 5.00. The largest absolute Gasteiger partial charge is 0.481 e. The highest BCUT2D eigenvalue weighted by atomic mass is 16.4. The Kier molecular flexibility index (Phi) is 6.69. The first-order chi connectivity index (χ1) is 13.2. The quantitative estimate of drug-likeness (QED) is 0.430. The molecule has 0 saturated heterocycles. The summed E-state index contributed by atoms with van der Waals surface area (Å²) < 4.78 is 2.42. The number of carbonyl (C=O) groups is 1. The van der Waals surface area contributed by atoms with E-state index in [-0.39, 0.29) is 6.42 Å². The van der Waals surface area contributed by atoms with E-state index in [1.165, 1.54) is 55.1 Å². The van der Waals surface area contributed by atoms with Crippen LogP contribution in [0.25, 0.3) is 22.2 Å². The number of para-hydroxylation sites is 1. The summed E-state index contributed by atoms with van der Waals surface area (Å²) in [7, 11) is 0. The molecule has 2 aromatic carbocycles. The Labute approximate surface area is 161 Å². The van der Waals surface area contributed by atoms with Gasteiger partial charge < -0.3 is 9.67 Å². The van der Waals surface area contributed by atoms with Crippen LogP contribution in [0.5, 0.6) is 0 Å². The van der Waals surface area contributed by atoms with E-state index in [9.17, 15) is 4.79 Å². The maximum atomic E-state index is 10.9. The van der Waals surface area contributed by atoms with Crippen molar-refractivity contribution in [3.8, 4) is 11.3 Å². The molecule has 0 aliphatic carbocycles. The monoisotopic (exact) mass is 363 g/mol. The predicted molar refractivity (Wildman–Crippen MR) is 112 cm³/mol. The van der Waals surface area contributed by atoms with E-state index >= 15 is 0 Å². The molecule has 3 rings (SSSR count). The lowest BCUT2D eigenvalue weighted by Crippen LogP contribution is -2.01. The van der Waals surface area contributed by atoms with Gasteiger partial charge in [-0.05, 0) is 29.7 Å². The zero-order valence-electron chi connectivity index (χ0n) is 16.2. The van der Waals surface area contributed by atoms with Gasteiger partial charge in [-0.3, -0.25) is 4.79 Å². The molecule has 3 heteroatoms. The van der Waals surface area contributed by atoms with Crippen molar-refractivity contribution in [3.63, 3.8) is 0 Å². The number of carboxylic acid groups (broad SMARTS) is 1. The van der Waals surface area contributed by atoms with E-state index in [1.807, 2.05) is 24.3 Å². The molecule has 0 fully saturated rings. The number of carboxylic acids is 1. The molecule has 1 heterocycles. The first-order valence-corrected chi connectivity index (χ1v) is 10.1. The maximum Gasteiger partial charge on any atom is 0.307 e. The van der Waals surface area contributed by atoms with Crippen molar-refractivity contribution in [2.45, 2.75) is 58.4 Å². The van der Waals surface area contributed by atoms with Crippen molar-refractivity contribution in [3.05, 3.63) is 60.2 Å². The minimum absolute atomic E-state index is 0.0705. The first kappa shape index (κ1) is 19.2. The van der Waals surface area contributed by atoms with Gasteiger partial charge in [-0.1, -0.05) is 81.5 Å². The molecule has 0 spiro atoms. The van der Waals surface area contributed by atoms with Gasteiger partial charge in [0.2, 0.25) is 0 Å². The van der Waals surface area contributed by atoms with E-state index in [0.717, 1.165) is 17.7 Å². The fourth-order valence-corrected chi connectivity index (χ4v) is 3.71. The summed E-state index contributed by atoms with van der Waals surface area (Å²) in [5.41, 5.74) is 4.47. The van der Waals surface area contributed by atoms with Gasteiger partial charge in [-0.15, -0.1) is 0 Å². The summed E-state index contributed by atoms with van der Waals surface area (Å²) in [6.07, 6.45) is 7.79. The zero-order valence-corrected chi connectivity index (χ0v) is 16.2. The fourth-order valence-electron chi connectivity index (χ4n) is 3.71. The molecule has 0 radical (unpaired) electrons. The molecule has 0 atom stereocenters. The molecular formula is C24H29NO2. The van der Waals surface area contributed by atoms with Crippen molar-refractivity contribution in [1.82, 2.24) is 4.57 Å². The lowest BCUT2D eigenvalue weighted by molar-refractivity contribution is -0.136. The van der Waals surface area contributed by atoms with Crippen molar-refractivity contribution >= 4 is 16.9 Å². The second-order valence-corrected chi connectivity index (χ2v) is 7.28. The van der Waals surface area contributed by atoms with Crippen molar-refractivity contribution in [1.29, 1.82) is 0 Å². The number of unbranched alkanes of at least 4 members (excludes halogenated alkanes) is 5. The van der Waals surface area contributed by atoms with Crippen LogP contribution in [0.4, 0.5) is 0 Å². The third-order valence-corrected chi connectivity index (χ3v) is 5.15. The summed E-state index contributed by atoms with van der Waals surface area (Å²) in [4.78, 5) is 10.9. The Bertz CT molecular complexity index is 877. The average Bonchev–Trinajstić information content (AvgIpc) is 3.03. The topological polar surface area (TPSA) is 42.2 Å². The van der Waals surface area contributed by atoms with Crippen LogP contribution in [-0.4, -0.2) is 15.6 Å². The molecule has 0 amide bonds. The SMILES string of the molecule is CCCCCCCCn1c(-c2ccc(CC(=O)O)cc2)cc2ccccc21. The lowest BCUT2D eigenvalue weighted by atomic mass is 10.1. The van der Waals surface area contributed by atoms with E-state index in [4.69, 9.17) is 5.11 Å². The van der Waals surface area contributed by atoms with Gasteiger partial charge in [-0.2, -0.15) is 0 Å². The normalized spacial score (nSPS) is 11.1. The Morgan fingerprint density at radius 2 is 1.63 bits per heavy atom. The third-order valence-electron chi connectivity index (χ3n) is 5.15. The maximum absolute atomic E-state index is 10.9. The van der Waals surface area contributed by atoms with Gasteiger partial charge in [0.25, 0.3) is 0 Å². The average molecular weight is 364 g/mol. The van der Waals surface area contributed by atoms with Crippen LogP contribution < -0.4 is 0 Å². The van der Waals surface area contributed by atoms with Gasteiger partial charge >= 0.3 is 5.97 Å². The number of hydrogen-bond acceptors (Lipinski definition) is 1. The van der Waals surface area contributed by atoms with Gasteiger partial charge in [0.05, 0.1) is 6.42 Å². The first-order valence-electron chi connectivity index (χ1n) is 10.1. The molecule has 0 aliphatic rings. The number of aryl methyl sites for hydroxylation is 1. The van der Waals surface area contributed by atoms with Crippen molar-refractivity contribution < 1.29 is 9.90 Å². The predicted octanol–water partition coefficient (Wildman–Crippen LogP) is 6.30. The highest BCUT2D eigenvalue weighted by Gasteiger charge is 2.11. The number of fused-ring (bicyclic) bond motifs is 1. The molecule has 0 unspecified atom stereocenters. The number of nitrogens with zero attached hydrogens (tertiary/aromatic N) is 1. The fraction of sp³-hybridized carbons (Fsp3) is 0.375. The molecule has 3 nitrogen and oxygen atoms in total.